The van der Waals surface area contributed by atoms with Gasteiger partial charge in [-0.05, 0) is 12.1 Å². The van der Waals surface area contributed by atoms with Crippen LogP contribution in [0.4, 0.5) is 0 Å². The molecule has 1 aliphatic rings. The highest BCUT2D eigenvalue weighted by Gasteiger charge is 2.21. The second kappa shape index (κ2) is 4.05. The van der Waals surface area contributed by atoms with E-state index in [0.29, 0.717) is 11.8 Å². The van der Waals surface area contributed by atoms with Gasteiger partial charge in [-0.1, -0.05) is 17.7 Å². The Kier molecular flexibility index (Phi) is 2.55. The van der Waals surface area contributed by atoms with Crippen LogP contribution < -0.4 is 5.32 Å². The summed E-state index contributed by atoms with van der Waals surface area (Å²) in [5.74, 6) is 0.868. The van der Waals surface area contributed by atoms with Crippen LogP contribution in [0.1, 0.15) is 11.9 Å². The number of halogens is 1. The second-order valence-corrected chi connectivity index (χ2v) is 4.18. The largest absolute Gasteiger partial charge is 0.368 e. The summed E-state index contributed by atoms with van der Waals surface area (Å²) in [7, 11) is 0. The van der Waals surface area contributed by atoms with Crippen molar-refractivity contribution in [2.24, 2.45) is 0 Å². The molecular formula is C11H12ClN3O. The van der Waals surface area contributed by atoms with Gasteiger partial charge < -0.3 is 10.1 Å². The topological polar surface area (TPSA) is 38.6 Å². The molecule has 2 aromatic heterocycles. The number of hydrogen-bond donors (Lipinski definition) is 1. The first kappa shape index (κ1) is 10.1. The van der Waals surface area contributed by atoms with E-state index in [2.05, 4.69) is 10.3 Å². The van der Waals surface area contributed by atoms with E-state index < -0.39 is 0 Å². The third kappa shape index (κ3) is 1.59. The Balaban J connectivity index is 2.09. The predicted octanol–water partition coefficient (Wildman–Crippen LogP) is 1.65. The summed E-state index contributed by atoms with van der Waals surface area (Å²) in [5.41, 5.74) is 0.997. The normalized spacial score (nSPS) is 21.4. The maximum Gasteiger partial charge on any atom is 0.144 e. The summed E-state index contributed by atoms with van der Waals surface area (Å²) in [6.07, 6.45) is 1.80. The molecule has 0 aliphatic carbocycles. The van der Waals surface area contributed by atoms with Crippen LogP contribution in [-0.2, 0) is 4.74 Å². The number of rotatable bonds is 1. The van der Waals surface area contributed by atoms with E-state index in [4.69, 9.17) is 16.3 Å². The predicted molar refractivity (Wildman–Crippen MR) is 61.8 cm³/mol. The monoisotopic (exact) mass is 237 g/mol. The Morgan fingerprint density at radius 3 is 3.25 bits per heavy atom. The number of fused-ring (bicyclic) bond motifs is 1. The highest BCUT2D eigenvalue weighted by atomic mass is 35.5. The minimum absolute atomic E-state index is 0.0175. The molecule has 0 radical (unpaired) electrons. The summed E-state index contributed by atoms with van der Waals surface area (Å²) in [6, 6.07) is 5.76. The molecular weight excluding hydrogens is 226 g/mol. The van der Waals surface area contributed by atoms with Crippen LogP contribution in [0.3, 0.4) is 0 Å². The molecule has 0 saturated carbocycles. The van der Waals surface area contributed by atoms with Crippen molar-refractivity contribution in [1.29, 1.82) is 0 Å². The van der Waals surface area contributed by atoms with Crippen LogP contribution in [0.15, 0.2) is 24.4 Å². The molecule has 1 unspecified atom stereocenters. The summed E-state index contributed by atoms with van der Waals surface area (Å²) >= 11 is 6.17. The molecule has 3 rings (SSSR count). The molecule has 16 heavy (non-hydrogen) atoms. The lowest BCUT2D eigenvalue weighted by molar-refractivity contribution is 0.0218. The summed E-state index contributed by atoms with van der Waals surface area (Å²) < 4.78 is 7.61. The standard InChI is InChI=1S/C11H12ClN3O/c12-10-3-1-2-8-6-14-11(15(8)10)9-7-13-4-5-16-9/h1-3,6,9,13H,4-5,7H2. The van der Waals surface area contributed by atoms with Crippen molar-refractivity contribution >= 4 is 17.1 Å². The number of imidazole rings is 1. The van der Waals surface area contributed by atoms with Crippen molar-refractivity contribution in [3.05, 3.63) is 35.4 Å². The molecule has 4 nitrogen and oxygen atoms in total. The Morgan fingerprint density at radius 1 is 1.50 bits per heavy atom. The zero-order valence-electron chi connectivity index (χ0n) is 8.69. The molecule has 1 saturated heterocycles. The third-order valence-electron chi connectivity index (χ3n) is 2.75. The summed E-state index contributed by atoms with van der Waals surface area (Å²) in [5, 5.41) is 3.95. The lowest BCUT2D eigenvalue weighted by Crippen LogP contribution is -2.34. The Bertz CT molecular complexity index is 505. The van der Waals surface area contributed by atoms with E-state index in [9.17, 15) is 0 Å². The van der Waals surface area contributed by atoms with Crippen LogP contribution in [0.2, 0.25) is 5.15 Å². The molecule has 0 amide bonds. The highest BCUT2D eigenvalue weighted by molar-refractivity contribution is 6.29. The summed E-state index contributed by atoms with van der Waals surface area (Å²) in [6.45, 7) is 2.39. The summed E-state index contributed by atoms with van der Waals surface area (Å²) in [4.78, 5) is 4.39. The van der Waals surface area contributed by atoms with Gasteiger partial charge >= 0.3 is 0 Å². The van der Waals surface area contributed by atoms with Crippen molar-refractivity contribution < 1.29 is 4.74 Å². The average molecular weight is 238 g/mol. The smallest absolute Gasteiger partial charge is 0.144 e. The van der Waals surface area contributed by atoms with Crippen LogP contribution >= 0.6 is 11.6 Å². The van der Waals surface area contributed by atoms with Crippen LogP contribution in [0.25, 0.3) is 5.52 Å². The second-order valence-electron chi connectivity index (χ2n) is 3.79. The maximum atomic E-state index is 6.17. The van der Waals surface area contributed by atoms with Gasteiger partial charge in [-0.2, -0.15) is 0 Å². The minimum atomic E-state index is -0.0175. The van der Waals surface area contributed by atoms with Crippen molar-refractivity contribution in [3.63, 3.8) is 0 Å². The zero-order valence-corrected chi connectivity index (χ0v) is 9.44. The van der Waals surface area contributed by atoms with Gasteiger partial charge in [0.2, 0.25) is 0 Å². The molecule has 0 aromatic carbocycles. The number of nitrogens with one attached hydrogen (secondary N) is 1. The van der Waals surface area contributed by atoms with E-state index in [1.54, 1.807) is 0 Å². The fourth-order valence-electron chi connectivity index (χ4n) is 1.99. The lowest BCUT2D eigenvalue weighted by atomic mass is 10.3. The van der Waals surface area contributed by atoms with Gasteiger partial charge in [-0.15, -0.1) is 0 Å². The van der Waals surface area contributed by atoms with E-state index in [-0.39, 0.29) is 6.10 Å². The van der Waals surface area contributed by atoms with Gasteiger partial charge in [0.15, 0.2) is 0 Å². The molecule has 2 aromatic rings. The average Bonchev–Trinajstić information content (AvgIpc) is 2.75. The molecule has 1 atom stereocenters. The van der Waals surface area contributed by atoms with Gasteiger partial charge in [-0.25, -0.2) is 4.98 Å². The van der Waals surface area contributed by atoms with E-state index >= 15 is 0 Å². The number of morpholine rings is 1. The van der Waals surface area contributed by atoms with Crippen molar-refractivity contribution in [2.75, 3.05) is 19.7 Å². The number of aromatic nitrogens is 2. The van der Waals surface area contributed by atoms with E-state index in [1.165, 1.54) is 0 Å². The van der Waals surface area contributed by atoms with Gasteiger partial charge in [0.05, 0.1) is 18.3 Å². The van der Waals surface area contributed by atoms with E-state index in [1.807, 2.05) is 28.8 Å². The van der Waals surface area contributed by atoms with Gasteiger partial charge in [0, 0.05) is 13.1 Å². The number of pyridine rings is 1. The van der Waals surface area contributed by atoms with Crippen LogP contribution in [0.5, 0.6) is 0 Å². The third-order valence-corrected chi connectivity index (χ3v) is 3.04. The first-order valence-electron chi connectivity index (χ1n) is 5.30. The number of ether oxygens (including phenoxy) is 1. The molecule has 0 spiro atoms. The molecule has 1 N–H and O–H groups in total. The Hall–Kier alpha value is -1.10. The number of nitrogens with zero attached hydrogens (tertiary/aromatic N) is 2. The lowest BCUT2D eigenvalue weighted by Gasteiger charge is -2.22. The minimum Gasteiger partial charge on any atom is -0.368 e. The highest BCUT2D eigenvalue weighted by Crippen LogP contribution is 2.22. The fourth-order valence-corrected chi connectivity index (χ4v) is 2.25. The zero-order chi connectivity index (χ0) is 11.0. The van der Waals surface area contributed by atoms with Crippen LogP contribution in [-0.4, -0.2) is 29.1 Å². The van der Waals surface area contributed by atoms with Crippen molar-refractivity contribution in [3.8, 4) is 0 Å². The van der Waals surface area contributed by atoms with Gasteiger partial charge in [-0.3, -0.25) is 4.40 Å². The molecule has 84 valence electrons. The van der Waals surface area contributed by atoms with Crippen molar-refractivity contribution in [2.45, 2.75) is 6.10 Å². The first-order chi connectivity index (χ1) is 7.86. The maximum absolute atomic E-state index is 6.17. The van der Waals surface area contributed by atoms with Crippen LogP contribution in [0, 0.1) is 0 Å². The molecule has 0 bridgehead atoms. The SMILES string of the molecule is Clc1cccc2cnc(C3CNCCO3)n12. The Labute approximate surface area is 98.2 Å². The van der Waals surface area contributed by atoms with Crippen molar-refractivity contribution in [1.82, 2.24) is 14.7 Å². The molecule has 3 heterocycles. The molecule has 1 aliphatic heterocycles. The first-order valence-corrected chi connectivity index (χ1v) is 5.68. The van der Waals surface area contributed by atoms with Gasteiger partial charge in [0.1, 0.15) is 17.1 Å². The number of hydrogen-bond acceptors (Lipinski definition) is 3. The molecule has 1 fully saturated rings. The van der Waals surface area contributed by atoms with Gasteiger partial charge in [0.25, 0.3) is 0 Å². The Morgan fingerprint density at radius 2 is 2.44 bits per heavy atom. The quantitative estimate of drug-likeness (QED) is 0.767. The van der Waals surface area contributed by atoms with E-state index in [0.717, 1.165) is 24.4 Å². The fraction of sp³-hybridized carbons (Fsp3) is 0.364. The molecule has 5 heteroatoms.